The normalized spacial score (nSPS) is 14.5. The molecule has 1 saturated heterocycles. The average molecular weight is 376 g/mol. The molecule has 0 radical (unpaired) electrons. The number of hydrogen-bond donors (Lipinski definition) is 1. The van der Waals surface area contributed by atoms with Gasteiger partial charge in [0.2, 0.25) is 11.8 Å². The minimum absolute atomic E-state index is 0.0457. The van der Waals surface area contributed by atoms with E-state index >= 15 is 0 Å². The molecule has 0 bridgehead atoms. The van der Waals surface area contributed by atoms with Crippen LogP contribution < -0.4 is 10.1 Å². The van der Waals surface area contributed by atoms with Gasteiger partial charge in [-0.2, -0.15) is 0 Å². The quantitative estimate of drug-likeness (QED) is 0.666. The fraction of sp³-hybridized carbons (Fsp3) is 0.550. The first kappa shape index (κ1) is 20.7. The van der Waals surface area contributed by atoms with Crippen molar-refractivity contribution in [2.45, 2.75) is 45.1 Å². The van der Waals surface area contributed by atoms with Crippen molar-refractivity contribution in [1.82, 2.24) is 10.2 Å². The maximum Gasteiger partial charge on any atom is 0.306 e. The Bertz CT molecular complexity index is 612. The predicted molar refractivity (Wildman–Crippen MR) is 100 cm³/mol. The highest BCUT2D eigenvalue weighted by atomic mass is 16.5. The van der Waals surface area contributed by atoms with Crippen LogP contribution in [-0.2, 0) is 19.1 Å². The number of carbonyl (C=O) groups is 3. The first-order valence-corrected chi connectivity index (χ1v) is 9.49. The maximum absolute atomic E-state index is 12.3. The minimum atomic E-state index is -0.356. The summed E-state index contributed by atoms with van der Waals surface area (Å²) < 4.78 is 10.4. The third kappa shape index (κ3) is 7.68. The Balaban J connectivity index is 1.60. The lowest BCUT2D eigenvalue weighted by Gasteiger charge is -2.32. The Labute approximate surface area is 160 Å². The second-order valence-corrected chi connectivity index (χ2v) is 6.44. The molecule has 0 atom stereocenters. The molecular weight excluding hydrogens is 348 g/mol. The van der Waals surface area contributed by atoms with Crippen molar-refractivity contribution < 1.29 is 23.9 Å². The standard InChI is InChI=1S/C20H28N2O5/c1-2-26-20(25)9-8-18(23)21-16-10-13-22(14-11-16)19(24)12-15-27-17-6-4-3-5-7-17/h3-7,16H,2,8-15H2,1H3,(H,21,23). The molecular formula is C20H28N2O5. The topological polar surface area (TPSA) is 84.9 Å². The maximum atomic E-state index is 12.3. The van der Waals surface area contributed by atoms with Crippen LogP contribution in [0.15, 0.2) is 30.3 Å². The SMILES string of the molecule is CCOC(=O)CCC(=O)NC1CCN(C(=O)CCOc2ccccc2)CC1. The monoisotopic (exact) mass is 376 g/mol. The lowest BCUT2D eigenvalue weighted by Crippen LogP contribution is -2.46. The van der Waals surface area contributed by atoms with Gasteiger partial charge < -0.3 is 19.7 Å². The largest absolute Gasteiger partial charge is 0.493 e. The Morgan fingerprint density at radius 2 is 1.78 bits per heavy atom. The van der Waals surface area contributed by atoms with Crippen molar-refractivity contribution in [3.05, 3.63) is 30.3 Å². The van der Waals surface area contributed by atoms with Crippen molar-refractivity contribution in [3.8, 4) is 5.75 Å². The van der Waals surface area contributed by atoms with E-state index in [9.17, 15) is 14.4 Å². The summed E-state index contributed by atoms with van der Waals surface area (Å²) in [5, 5.41) is 2.93. The Kier molecular flexibility index (Phi) is 8.61. The second kappa shape index (κ2) is 11.2. The van der Waals surface area contributed by atoms with Crippen molar-refractivity contribution in [1.29, 1.82) is 0 Å². The highest BCUT2D eigenvalue weighted by molar-refractivity contribution is 5.81. The smallest absolute Gasteiger partial charge is 0.306 e. The third-order valence-corrected chi connectivity index (χ3v) is 4.40. The Morgan fingerprint density at radius 1 is 1.07 bits per heavy atom. The van der Waals surface area contributed by atoms with E-state index in [1.165, 1.54) is 0 Å². The molecule has 1 aromatic carbocycles. The average Bonchev–Trinajstić information content (AvgIpc) is 2.68. The molecule has 1 N–H and O–H groups in total. The Hall–Kier alpha value is -2.57. The van der Waals surface area contributed by atoms with E-state index in [4.69, 9.17) is 9.47 Å². The van der Waals surface area contributed by atoms with Crippen molar-refractivity contribution >= 4 is 17.8 Å². The Morgan fingerprint density at radius 3 is 2.44 bits per heavy atom. The number of rotatable bonds is 9. The van der Waals surface area contributed by atoms with Gasteiger partial charge in [-0.1, -0.05) is 18.2 Å². The van der Waals surface area contributed by atoms with E-state index in [0.717, 1.165) is 18.6 Å². The van der Waals surface area contributed by atoms with Crippen LogP contribution in [0.5, 0.6) is 5.75 Å². The molecule has 1 aliphatic rings. The van der Waals surface area contributed by atoms with E-state index in [1.54, 1.807) is 6.92 Å². The van der Waals surface area contributed by atoms with Gasteiger partial charge >= 0.3 is 5.97 Å². The number of esters is 1. The summed E-state index contributed by atoms with van der Waals surface area (Å²) in [7, 11) is 0. The molecule has 1 heterocycles. The molecule has 0 saturated carbocycles. The first-order valence-electron chi connectivity index (χ1n) is 9.49. The number of ether oxygens (including phenoxy) is 2. The molecule has 1 aliphatic heterocycles. The van der Waals surface area contributed by atoms with Gasteiger partial charge in [-0.05, 0) is 31.9 Å². The zero-order valence-electron chi connectivity index (χ0n) is 15.8. The van der Waals surface area contributed by atoms with Crippen LogP contribution in [0.3, 0.4) is 0 Å². The number of piperidine rings is 1. The van der Waals surface area contributed by atoms with Gasteiger partial charge in [-0.3, -0.25) is 14.4 Å². The summed E-state index contributed by atoms with van der Waals surface area (Å²) in [6.45, 7) is 3.65. The summed E-state index contributed by atoms with van der Waals surface area (Å²) in [6, 6.07) is 9.47. The fourth-order valence-corrected chi connectivity index (χ4v) is 2.95. The molecule has 7 nitrogen and oxygen atoms in total. The van der Waals surface area contributed by atoms with Gasteiger partial charge in [0.25, 0.3) is 0 Å². The van der Waals surface area contributed by atoms with Crippen LogP contribution in [0.2, 0.25) is 0 Å². The summed E-state index contributed by atoms with van der Waals surface area (Å²) in [5.41, 5.74) is 0. The summed E-state index contributed by atoms with van der Waals surface area (Å²) in [5.74, 6) is 0.322. The van der Waals surface area contributed by atoms with Gasteiger partial charge in [0.15, 0.2) is 0 Å². The van der Waals surface area contributed by atoms with Gasteiger partial charge in [-0.25, -0.2) is 0 Å². The zero-order chi connectivity index (χ0) is 19.5. The van der Waals surface area contributed by atoms with Gasteiger partial charge in [0, 0.05) is 25.6 Å². The van der Waals surface area contributed by atoms with Gasteiger partial charge in [0.1, 0.15) is 5.75 Å². The molecule has 2 amide bonds. The number of para-hydroxylation sites is 1. The van der Waals surface area contributed by atoms with Gasteiger partial charge in [-0.15, -0.1) is 0 Å². The molecule has 1 aromatic rings. The molecule has 0 unspecified atom stereocenters. The fourth-order valence-electron chi connectivity index (χ4n) is 2.95. The minimum Gasteiger partial charge on any atom is -0.493 e. The molecule has 0 aromatic heterocycles. The number of nitrogens with zero attached hydrogens (tertiary/aromatic N) is 1. The number of carbonyl (C=O) groups excluding carboxylic acids is 3. The highest BCUT2D eigenvalue weighted by Gasteiger charge is 2.23. The predicted octanol–water partition coefficient (Wildman–Crippen LogP) is 1.91. The zero-order valence-corrected chi connectivity index (χ0v) is 15.8. The molecule has 148 valence electrons. The first-order chi connectivity index (χ1) is 13.1. The second-order valence-electron chi connectivity index (χ2n) is 6.44. The molecule has 27 heavy (non-hydrogen) atoms. The van der Waals surface area contributed by atoms with Crippen molar-refractivity contribution in [3.63, 3.8) is 0 Å². The summed E-state index contributed by atoms with van der Waals surface area (Å²) in [6.07, 6.45) is 2.01. The van der Waals surface area contributed by atoms with Crippen LogP contribution in [-0.4, -0.2) is 55.0 Å². The highest BCUT2D eigenvalue weighted by Crippen LogP contribution is 2.13. The van der Waals surface area contributed by atoms with E-state index in [-0.39, 0.29) is 36.7 Å². The lowest BCUT2D eigenvalue weighted by molar-refractivity contribution is -0.144. The number of benzene rings is 1. The van der Waals surface area contributed by atoms with Crippen LogP contribution in [0.25, 0.3) is 0 Å². The number of hydrogen-bond acceptors (Lipinski definition) is 5. The van der Waals surface area contributed by atoms with Crippen LogP contribution >= 0.6 is 0 Å². The lowest BCUT2D eigenvalue weighted by atomic mass is 10.0. The van der Waals surface area contributed by atoms with E-state index in [1.807, 2.05) is 35.2 Å². The third-order valence-electron chi connectivity index (χ3n) is 4.40. The van der Waals surface area contributed by atoms with Crippen molar-refractivity contribution in [2.24, 2.45) is 0 Å². The summed E-state index contributed by atoms with van der Waals surface area (Å²) >= 11 is 0. The van der Waals surface area contributed by atoms with Crippen LogP contribution in [0.1, 0.15) is 39.0 Å². The molecule has 0 spiro atoms. The van der Waals surface area contributed by atoms with Crippen LogP contribution in [0, 0.1) is 0 Å². The molecule has 0 aliphatic carbocycles. The molecule has 2 rings (SSSR count). The molecule has 1 fully saturated rings. The summed E-state index contributed by atoms with van der Waals surface area (Å²) in [4.78, 5) is 37.3. The van der Waals surface area contributed by atoms with E-state index in [2.05, 4.69) is 5.32 Å². The number of likely N-dealkylation sites (tertiary alicyclic amines) is 1. The van der Waals surface area contributed by atoms with Gasteiger partial charge in [0.05, 0.1) is 26.1 Å². The van der Waals surface area contributed by atoms with Crippen molar-refractivity contribution in [2.75, 3.05) is 26.3 Å². The van der Waals surface area contributed by atoms with E-state index < -0.39 is 0 Å². The molecule has 7 heteroatoms. The number of amides is 2. The van der Waals surface area contributed by atoms with E-state index in [0.29, 0.717) is 32.7 Å². The number of nitrogens with one attached hydrogen (secondary N) is 1. The van der Waals surface area contributed by atoms with Crippen LogP contribution in [0.4, 0.5) is 0 Å².